The number of rotatable bonds is 6. The summed E-state index contributed by atoms with van der Waals surface area (Å²) in [5.74, 6) is -3.91. The van der Waals surface area contributed by atoms with Gasteiger partial charge in [0.1, 0.15) is 0 Å². The molecule has 0 aliphatic heterocycles. The van der Waals surface area contributed by atoms with E-state index < -0.39 is 51.1 Å². The van der Waals surface area contributed by atoms with Crippen LogP contribution in [0, 0.1) is 0 Å². The summed E-state index contributed by atoms with van der Waals surface area (Å²) in [4.78, 5) is 43.1. The van der Waals surface area contributed by atoms with E-state index in [-0.39, 0.29) is 0 Å². The van der Waals surface area contributed by atoms with Crippen molar-refractivity contribution in [2.45, 2.75) is 22.3 Å². The molecule has 0 aromatic heterocycles. The fourth-order valence-corrected chi connectivity index (χ4v) is 2.59. The molecule has 0 aromatic carbocycles. The number of aliphatic carboxylic acids is 2. The van der Waals surface area contributed by atoms with Crippen molar-refractivity contribution >= 4 is 23.5 Å². The summed E-state index contributed by atoms with van der Waals surface area (Å²) >= 11 is -1.71. The molecule has 0 rings (SSSR count). The second-order valence-corrected chi connectivity index (χ2v) is 5.25. The van der Waals surface area contributed by atoms with Gasteiger partial charge < -0.3 is 0 Å². The van der Waals surface area contributed by atoms with Crippen LogP contribution in [0.1, 0.15) is 13.8 Å². The van der Waals surface area contributed by atoms with Gasteiger partial charge in [-0.2, -0.15) is 0 Å². The zero-order valence-corrected chi connectivity index (χ0v) is 9.74. The third-order valence-electron chi connectivity index (χ3n) is 1.64. The first-order valence-corrected chi connectivity index (χ1v) is 5.80. The summed E-state index contributed by atoms with van der Waals surface area (Å²) in [6.07, 6.45) is 0. The Kier molecular flexibility index (Phi) is 5.39. The molecule has 0 heterocycles. The summed E-state index contributed by atoms with van der Waals surface area (Å²) in [5, 5.41) is 17.3. The second kappa shape index (κ2) is 5.77. The van der Waals surface area contributed by atoms with Gasteiger partial charge in [0, 0.05) is 0 Å². The molecule has 2 N–H and O–H groups in total. The summed E-state index contributed by atoms with van der Waals surface area (Å²) in [5.41, 5.74) is 0. The Labute approximate surface area is 94.6 Å². The van der Waals surface area contributed by atoms with Gasteiger partial charge in [-0.1, -0.05) is 0 Å². The van der Waals surface area contributed by atoms with Crippen molar-refractivity contribution in [1.29, 1.82) is 0 Å². The maximum absolute atomic E-state index is 10.9. The molecule has 0 saturated carbocycles. The second-order valence-electron chi connectivity index (χ2n) is 2.93. The van der Waals surface area contributed by atoms with Crippen molar-refractivity contribution < 1.29 is 48.5 Å². The van der Waals surface area contributed by atoms with E-state index in [9.17, 15) is 19.2 Å². The molecule has 0 saturated heterocycles. The van der Waals surface area contributed by atoms with Crippen LogP contribution in [0.3, 0.4) is 0 Å². The van der Waals surface area contributed by atoms with Crippen molar-refractivity contribution in [2.24, 2.45) is 0 Å². The van der Waals surface area contributed by atoms with Gasteiger partial charge in [0.05, 0.1) is 0 Å². The molecule has 0 aromatic rings. The number of carbonyl (C=O) groups excluding carboxylic acids is 2. The molecule has 0 radical (unpaired) electrons. The van der Waals surface area contributed by atoms with E-state index in [4.69, 9.17) is 10.2 Å². The topological polar surface area (TPSA) is 109 Å². The number of hydrogen-bond donors (Lipinski definition) is 2. The summed E-state index contributed by atoms with van der Waals surface area (Å²) < 4.78 is -2.62. The van der Waals surface area contributed by atoms with Crippen LogP contribution in [-0.2, 0) is 38.3 Å². The average molecular weight is 250 g/mol. The van der Waals surface area contributed by atoms with Crippen LogP contribution in [0.4, 0.5) is 0 Å². The van der Waals surface area contributed by atoms with E-state index in [1.54, 1.807) is 0 Å². The third kappa shape index (κ3) is 4.35. The molecule has 2 atom stereocenters. The third-order valence-corrected chi connectivity index (χ3v) is 4.72. The molecule has 2 unspecified atom stereocenters. The molecule has 6 nitrogen and oxygen atoms in total. The van der Waals surface area contributed by atoms with Crippen molar-refractivity contribution in [3.8, 4) is 0 Å². The van der Waals surface area contributed by atoms with Gasteiger partial charge in [-0.15, -0.1) is 0 Å². The fourth-order valence-electron chi connectivity index (χ4n) is 0.892. The molecule has 0 amide bonds. The Morgan fingerprint density at radius 1 is 0.867 bits per heavy atom. The molecule has 0 aliphatic rings. The van der Waals surface area contributed by atoms with E-state index in [2.05, 4.69) is 0 Å². The van der Waals surface area contributed by atoms with Gasteiger partial charge in [0.15, 0.2) is 0 Å². The van der Waals surface area contributed by atoms with E-state index in [0.717, 1.165) is 13.8 Å². The van der Waals surface area contributed by atoms with Crippen LogP contribution in [0.5, 0.6) is 0 Å². The Morgan fingerprint density at radius 3 is 1.27 bits per heavy atom. The molecular weight excluding hydrogens is 240 g/mol. The molecule has 0 fully saturated rings. The summed E-state index contributed by atoms with van der Waals surface area (Å²) in [7, 11) is 0. The van der Waals surface area contributed by atoms with Crippen LogP contribution in [0.15, 0.2) is 0 Å². The van der Waals surface area contributed by atoms with E-state index >= 15 is 0 Å². The monoisotopic (exact) mass is 250 g/mol. The van der Waals surface area contributed by atoms with Gasteiger partial charge >= 0.3 is 94.3 Å². The van der Waals surface area contributed by atoms with Crippen molar-refractivity contribution in [1.82, 2.24) is 0 Å². The van der Waals surface area contributed by atoms with Crippen molar-refractivity contribution in [3.63, 3.8) is 0 Å². The number of carboxylic acid groups (broad SMARTS) is 2. The Morgan fingerprint density at radius 2 is 1.13 bits per heavy atom. The van der Waals surface area contributed by atoms with E-state index in [0.29, 0.717) is 0 Å². The maximum atomic E-state index is 10.9. The summed E-state index contributed by atoms with van der Waals surface area (Å²) in [6.45, 7) is 2.17. The minimum atomic E-state index is -1.71. The number of carboxylic acids is 2. The Hall–Kier alpha value is -1.01. The molecular formula is C8H10O6Ti. The fraction of sp³-hybridized carbons (Fsp3) is 0.500. The number of hydrogen-bond acceptors (Lipinski definition) is 4. The SMILES string of the molecule is CC(=O)[CH]([Ti][CH](C(C)=O)C(=O)O)C(=O)O. The number of ketones is 2. The van der Waals surface area contributed by atoms with E-state index in [1.807, 2.05) is 0 Å². The van der Waals surface area contributed by atoms with Crippen molar-refractivity contribution in [3.05, 3.63) is 0 Å². The quantitative estimate of drug-likeness (QED) is 0.507. The first-order chi connectivity index (χ1) is 6.77. The molecule has 7 heteroatoms. The van der Waals surface area contributed by atoms with Crippen LogP contribution in [0.2, 0.25) is 8.45 Å². The van der Waals surface area contributed by atoms with Crippen molar-refractivity contribution in [2.75, 3.05) is 0 Å². The summed E-state index contributed by atoms with van der Waals surface area (Å²) in [6, 6.07) is 0. The van der Waals surface area contributed by atoms with Gasteiger partial charge in [-0.25, -0.2) is 0 Å². The van der Waals surface area contributed by atoms with Crippen LogP contribution >= 0.6 is 0 Å². The molecule has 82 valence electrons. The zero-order chi connectivity index (χ0) is 12.2. The Balaban J connectivity index is 4.77. The van der Waals surface area contributed by atoms with Gasteiger partial charge in [0.25, 0.3) is 0 Å². The number of carbonyl (C=O) groups is 4. The standard InChI is InChI=1S/2C4H5O3.Ti/c2*1-3(5)2-4(6)7;/h2*2H,1H3,(H,6,7);. The van der Waals surface area contributed by atoms with Crippen LogP contribution < -0.4 is 0 Å². The number of Topliss-reactive ketones (excluding diaryl/α,β-unsaturated/α-hetero) is 2. The predicted octanol–water partition coefficient (Wildman–Crippen LogP) is -0.00690. The minimum absolute atomic E-state index is 0.602. The first-order valence-electron chi connectivity index (χ1n) is 4.00. The molecule has 0 bridgehead atoms. The van der Waals surface area contributed by atoms with Crippen LogP contribution in [0.25, 0.3) is 0 Å². The van der Waals surface area contributed by atoms with Gasteiger partial charge in [-0.3, -0.25) is 0 Å². The first kappa shape index (κ1) is 14.0. The molecule has 15 heavy (non-hydrogen) atoms. The normalized spacial score (nSPS) is 13.7. The average Bonchev–Trinajstić information content (AvgIpc) is 2.01. The van der Waals surface area contributed by atoms with E-state index in [1.165, 1.54) is 0 Å². The Bertz CT molecular complexity index is 252. The molecule has 0 aliphatic carbocycles. The molecule has 0 spiro atoms. The predicted molar refractivity (Wildman–Crippen MR) is 44.1 cm³/mol. The zero-order valence-electron chi connectivity index (χ0n) is 8.18. The van der Waals surface area contributed by atoms with Crippen LogP contribution in [-0.4, -0.2) is 33.7 Å². The van der Waals surface area contributed by atoms with Gasteiger partial charge in [0.2, 0.25) is 0 Å². The van der Waals surface area contributed by atoms with Gasteiger partial charge in [-0.05, 0) is 0 Å².